The first-order chi connectivity index (χ1) is 2.00. The van der Waals surface area contributed by atoms with Crippen LogP contribution in [0.3, 0.4) is 0 Å². The minimum absolute atomic E-state index is 0. The van der Waals surface area contributed by atoms with Crippen LogP contribution >= 0.6 is 13.5 Å². The van der Waals surface area contributed by atoms with Crippen molar-refractivity contribution >= 4 is 33.7 Å². The molecule has 0 saturated carbocycles. The second-order valence-electron chi connectivity index (χ2n) is 0.448. The standard InChI is InChI=1S/H2O3S2.Pd.H2S/c1-5(2,3)4;;/h(H2,1,2,3,4);;1H2. The molecule has 0 bridgehead atoms. The molecule has 0 aliphatic heterocycles. The molecule has 0 radical (unpaired) electrons. The van der Waals surface area contributed by atoms with Crippen LogP contribution in [-0.2, 0) is 40.7 Å². The third kappa shape index (κ3) is 121. The summed E-state index contributed by atoms with van der Waals surface area (Å²) in [6, 6.07) is 0. The summed E-state index contributed by atoms with van der Waals surface area (Å²) < 4.78 is 24.0. The van der Waals surface area contributed by atoms with Crippen molar-refractivity contribution in [2.45, 2.75) is 0 Å². The quantitative estimate of drug-likeness (QED) is 0.588. The molecule has 0 aliphatic rings. The van der Waals surface area contributed by atoms with E-state index in [4.69, 9.17) is 13.3 Å². The number of hydrogen-bond donors (Lipinski definition) is 2. The van der Waals surface area contributed by atoms with Crippen LogP contribution in [0.4, 0.5) is 0 Å². The zero-order chi connectivity index (χ0) is 4.50. The van der Waals surface area contributed by atoms with Crippen molar-refractivity contribution in [1.29, 1.82) is 0 Å². The fourth-order valence-electron chi connectivity index (χ4n) is 0. The van der Waals surface area contributed by atoms with Gasteiger partial charge in [0.05, 0.1) is 0 Å². The van der Waals surface area contributed by atoms with Crippen LogP contribution in [-0.4, -0.2) is 13.3 Å². The first-order valence-corrected chi connectivity index (χ1v) is 3.10. The zero-order valence-electron chi connectivity index (χ0n) is 2.94. The van der Waals surface area contributed by atoms with Gasteiger partial charge in [-0.3, -0.25) is 9.11 Å². The van der Waals surface area contributed by atoms with Gasteiger partial charge in [0.1, 0.15) is 0 Å². The molecule has 0 atom stereocenters. The maximum Gasteiger partial charge on any atom is 0.263 e. The molecule has 0 aromatic heterocycles. The van der Waals surface area contributed by atoms with Gasteiger partial charge < -0.3 is 0 Å². The smallest absolute Gasteiger partial charge is 0.263 e. The second kappa shape index (κ2) is 5.44. The van der Waals surface area contributed by atoms with Gasteiger partial charge >= 0.3 is 0 Å². The maximum atomic E-state index is 9.11. The average molecular weight is 255 g/mol. The SMILES string of the molecule is O=S(O)(O)=S.S.[Pd]. The van der Waals surface area contributed by atoms with E-state index in [0.717, 1.165) is 0 Å². The van der Waals surface area contributed by atoms with Gasteiger partial charge in [-0.15, -0.1) is 0 Å². The number of hydrogen-bond acceptors (Lipinski definition) is 2. The molecule has 0 aromatic rings. The van der Waals surface area contributed by atoms with Gasteiger partial charge in [0.2, 0.25) is 0 Å². The van der Waals surface area contributed by atoms with E-state index in [1.165, 1.54) is 0 Å². The zero-order valence-corrected chi connectivity index (χ0v) is 7.12. The van der Waals surface area contributed by atoms with Crippen molar-refractivity contribution in [1.82, 2.24) is 0 Å². The van der Waals surface area contributed by atoms with Crippen LogP contribution in [0, 0.1) is 0 Å². The number of rotatable bonds is 0. The van der Waals surface area contributed by atoms with Crippen molar-refractivity contribution in [3.8, 4) is 0 Å². The molecule has 50 valence electrons. The molecule has 7 heavy (non-hydrogen) atoms. The van der Waals surface area contributed by atoms with Gasteiger partial charge in [-0.1, -0.05) is 0 Å². The molecular weight excluding hydrogens is 251 g/mol. The third-order valence-corrected chi connectivity index (χ3v) is 0. The van der Waals surface area contributed by atoms with Crippen LogP contribution in [0.1, 0.15) is 0 Å². The van der Waals surface area contributed by atoms with Crippen molar-refractivity contribution < 1.29 is 33.7 Å². The monoisotopic (exact) mass is 254 g/mol. The molecule has 0 fully saturated rings. The van der Waals surface area contributed by atoms with E-state index in [1.54, 1.807) is 0 Å². The normalized spacial score (nSPS) is 8.29. The average Bonchev–Trinajstić information content (AvgIpc) is 0.722. The maximum absolute atomic E-state index is 9.11. The Morgan fingerprint density at radius 2 is 1.43 bits per heavy atom. The van der Waals surface area contributed by atoms with E-state index < -0.39 is 9.05 Å². The Labute approximate surface area is 67.3 Å². The fourth-order valence-corrected chi connectivity index (χ4v) is 0. The van der Waals surface area contributed by atoms with Crippen LogP contribution in [0.2, 0.25) is 0 Å². The van der Waals surface area contributed by atoms with Gasteiger partial charge in [-0.25, -0.2) is 0 Å². The van der Waals surface area contributed by atoms with Crippen LogP contribution < -0.4 is 0 Å². The Hall–Kier alpha value is 1.30. The van der Waals surface area contributed by atoms with E-state index in [2.05, 4.69) is 11.2 Å². The van der Waals surface area contributed by atoms with Crippen LogP contribution in [0.15, 0.2) is 0 Å². The largest absolute Gasteiger partial charge is 0.285 e. The fraction of sp³-hybridized carbons (Fsp3) is 0. The van der Waals surface area contributed by atoms with E-state index in [9.17, 15) is 0 Å². The third-order valence-electron chi connectivity index (χ3n) is 0. The Morgan fingerprint density at radius 1 is 1.43 bits per heavy atom. The predicted molar refractivity (Wildman–Crippen MR) is 31.1 cm³/mol. The molecular formula is H4O3PdS3. The summed E-state index contributed by atoms with van der Waals surface area (Å²) in [5, 5.41) is 0. The van der Waals surface area contributed by atoms with Gasteiger partial charge in [-0.05, 0) is 0 Å². The summed E-state index contributed by atoms with van der Waals surface area (Å²) in [6.45, 7) is 0. The second-order valence-corrected chi connectivity index (χ2v) is 2.65. The van der Waals surface area contributed by atoms with Crippen molar-refractivity contribution in [2.75, 3.05) is 0 Å². The molecule has 0 spiro atoms. The summed E-state index contributed by atoms with van der Waals surface area (Å²) in [5.41, 5.74) is 0. The Morgan fingerprint density at radius 3 is 1.43 bits per heavy atom. The van der Waals surface area contributed by atoms with E-state index in [0.29, 0.717) is 0 Å². The summed E-state index contributed by atoms with van der Waals surface area (Å²) in [6.07, 6.45) is 0. The molecule has 7 heteroatoms. The van der Waals surface area contributed by atoms with Crippen molar-refractivity contribution in [2.24, 2.45) is 0 Å². The van der Waals surface area contributed by atoms with Gasteiger partial charge in [0.25, 0.3) is 9.05 Å². The molecule has 0 unspecified atom stereocenters. The van der Waals surface area contributed by atoms with Crippen LogP contribution in [0.25, 0.3) is 0 Å². The van der Waals surface area contributed by atoms with Gasteiger partial charge in [0, 0.05) is 31.6 Å². The molecule has 0 saturated heterocycles. The molecule has 0 heterocycles. The predicted octanol–water partition coefficient (Wildman–Crippen LogP) is -0.211. The Balaban J connectivity index is -0.0000000800. The van der Waals surface area contributed by atoms with Gasteiger partial charge in [-0.2, -0.15) is 17.7 Å². The summed E-state index contributed by atoms with van der Waals surface area (Å²) in [4.78, 5) is 0. The van der Waals surface area contributed by atoms with E-state index in [1.807, 2.05) is 0 Å². The minimum Gasteiger partial charge on any atom is -0.285 e. The summed E-state index contributed by atoms with van der Waals surface area (Å²) >= 11 is 3.47. The minimum atomic E-state index is -3.83. The van der Waals surface area contributed by atoms with Crippen molar-refractivity contribution in [3.05, 3.63) is 0 Å². The van der Waals surface area contributed by atoms with E-state index in [-0.39, 0.29) is 33.9 Å². The summed E-state index contributed by atoms with van der Waals surface area (Å²) in [7, 11) is -3.83. The van der Waals surface area contributed by atoms with E-state index >= 15 is 0 Å². The van der Waals surface area contributed by atoms with Crippen LogP contribution in [0.5, 0.6) is 0 Å². The van der Waals surface area contributed by atoms with Crippen molar-refractivity contribution in [3.63, 3.8) is 0 Å². The molecule has 0 rings (SSSR count). The molecule has 2 N–H and O–H groups in total. The topological polar surface area (TPSA) is 57.5 Å². The molecule has 3 nitrogen and oxygen atoms in total. The Kier molecular flexibility index (Phi) is 12.2. The summed E-state index contributed by atoms with van der Waals surface area (Å²) in [5.74, 6) is 0. The first-order valence-electron chi connectivity index (χ1n) is 0.698. The van der Waals surface area contributed by atoms with Gasteiger partial charge in [0.15, 0.2) is 0 Å². The molecule has 0 aliphatic carbocycles. The molecule has 0 amide bonds. The Bertz CT molecular complexity index is 93.3. The first kappa shape index (κ1) is 15.7. The molecule has 0 aromatic carbocycles.